The van der Waals surface area contributed by atoms with Crippen LogP contribution in [0, 0.1) is 0 Å². The molecule has 2 saturated heterocycles. The molecule has 0 aliphatic carbocycles. The topological polar surface area (TPSA) is 82.2 Å². The number of benzene rings is 1. The highest BCUT2D eigenvalue weighted by Gasteiger charge is 2.25. The summed E-state index contributed by atoms with van der Waals surface area (Å²) in [6.45, 7) is 7.41. The van der Waals surface area contributed by atoms with E-state index >= 15 is 0 Å². The van der Waals surface area contributed by atoms with Crippen LogP contribution in [-0.4, -0.2) is 91.4 Å². The van der Waals surface area contributed by atoms with Gasteiger partial charge in [0, 0.05) is 44.8 Å². The molecular weight excluding hydrogens is 408 g/mol. The average molecular weight is 445 g/mol. The van der Waals surface area contributed by atoms with Crippen molar-refractivity contribution in [3.05, 3.63) is 29.8 Å². The number of ether oxygens (including phenoxy) is 1. The van der Waals surface area contributed by atoms with Crippen LogP contribution in [0.5, 0.6) is 5.75 Å². The number of carbonyl (C=O) groups excluding carboxylic acids is 3. The average Bonchev–Trinajstić information content (AvgIpc) is 2.84. The number of piperidine rings is 1. The van der Waals surface area contributed by atoms with Gasteiger partial charge in [0.05, 0.1) is 19.7 Å². The molecule has 0 saturated carbocycles. The Kier molecular flexibility index (Phi) is 9.34. The number of nitrogens with zero attached hydrogens (tertiary/aromatic N) is 3. The molecule has 1 aromatic carbocycles. The fourth-order valence-electron chi connectivity index (χ4n) is 4.00. The van der Waals surface area contributed by atoms with Crippen molar-refractivity contribution in [2.45, 2.75) is 39.0 Å². The molecule has 0 unspecified atom stereocenters. The molecule has 0 aromatic heterocycles. The van der Waals surface area contributed by atoms with Crippen molar-refractivity contribution >= 4 is 17.7 Å². The molecule has 8 heteroatoms. The summed E-state index contributed by atoms with van der Waals surface area (Å²) in [7, 11) is 0. The molecule has 3 amide bonds. The van der Waals surface area contributed by atoms with E-state index in [1.807, 2.05) is 4.90 Å². The highest BCUT2D eigenvalue weighted by atomic mass is 16.5. The lowest BCUT2D eigenvalue weighted by Crippen LogP contribution is -2.53. The standard InChI is InChI=1S/C24H36N4O4/c1-2-3-17-32-21-9-7-20(8-10-21)24(31)25-18-22(29)28-15-13-26(14-16-28)19-23(30)27-11-5-4-6-12-27/h7-10H,2-6,11-19H2,1H3,(H,25,31). The van der Waals surface area contributed by atoms with Gasteiger partial charge >= 0.3 is 0 Å². The predicted molar refractivity (Wildman–Crippen MR) is 123 cm³/mol. The summed E-state index contributed by atoms with van der Waals surface area (Å²) < 4.78 is 5.61. The third kappa shape index (κ3) is 7.22. The Morgan fingerprint density at radius 1 is 0.875 bits per heavy atom. The zero-order valence-corrected chi connectivity index (χ0v) is 19.2. The molecule has 1 N–H and O–H groups in total. The Bertz CT molecular complexity index is 754. The molecule has 8 nitrogen and oxygen atoms in total. The molecule has 0 radical (unpaired) electrons. The van der Waals surface area contributed by atoms with E-state index in [9.17, 15) is 14.4 Å². The van der Waals surface area contributed by atoms with E-state index in [0.717, 1.165) is 44.5 Å². The second kappa shape index (κ2) is 12.4. The zero-order valence-electron chi connectivity index (χ0n) is 19.2. The lowest BCUT2D eigenvalue weighted by molar-refractivity contribution is -0.135. The second-order valence-corrected chi connectivity index (χ2v) is 8.51. The Morgan fingerprint density at radius 3 is 2.19 bits per heavy atom. The Labute approximate surface area is 190 Å². The first-order valence-corrected chi connectivity index (χ1v) is 11.9. The van der Waals surface area contributed by atoms with E-state index in [-0.39, 0.29) is 24.3 Å². The lowest BCUT2D eigenvalue weighted by Gasteiger charge is -2.36. The van der Waals surface area contributed by atoms with E-state index in [4.69, 9.17) is 4.74 Å². The van der Waals surface area contributed by atoms with Crippen LogP contribution in [0.4, 0.5) is 0 Å². The molecule has 3 rings (SSSR count). The number of hydrogen-bond acceptors (Lipinski definition) is 5. The summed E-state index contributed by atoms with van der Waals surface area (Å²) in [5.41, 5.74) is 0.502. The molecular formula is C24H36N4O4. The molecule has 1 aromatic rings. The first-order valence-electron chi connectivity index (χ1n) is 11.9. The molecule has 32 heavy (non-hydrogen) atoms. The zero-order chi connectivity index (χ0) is 22.8. The van der Waals surface area contributed by atoms with Gasteiger partial charge in [0.1, 0.15) is 5.75 Å². The van der Waals surface area contributed by atoms with Crippen LogP contribution in [-0.2, 0) is 9.59 Å². The number of nitrogens with one attached hydrogen (secondary N) is 1. The number of amides is 3. The summed E-state index contributed by atoms with van der Waals surface area (Å²) >= 11 is 0. The monoisotopic (exact) mass is 444 g/mol. The minimum atomic E-state index is -0.274. The normalized spacial score (nSPS) is 17.2. The van der Waals surface area contributed by atoms with Gasteiger partial charge in [0.2, 0.25) is 11.8 Å². The number of unbranched alkanes of at least 4 members (excludes halogenated alkanes) is 1. The summed E-state index contributed by atoms with van der Waals surface area (Å²) in [6.07, 6.45) is 5.46. The summed E-state index contributed by atoms with van der Waals surface area (Å²) in [6, 6.07) is 6.96. The minimum absolute atomic E-state index is 0.0275. The largest absolute Gasteiger partial charge is 0.494 e. The quantitative estimate of drug-likeness (QED) is 0.587. The maximum Gasteiger partial charge on any atom is 0.251 e. The van der Waals surface area contributed by atoms with Gasteiger partial charge in [0.25, 0.3) is 5.91 Å². The number of likely N-dealkylation sites (tertiary alicyclic amines) is 1. The molecule has 0 atom stereocenters. The smallest absolute Gasteiger partial charge is 0.251 e. The van der Waals surface area contributed by atoms with Crippen LogP contribution in [0.15, 0.2) is 24.3 Å². The van der Waals surface area contributed by atoms with E-state index in [2.05, 4.69) is 17.1 Å². The maximum absolute atomic E-state index is 12.5. The van der Waals surface area contributed by atoms with Crippen molar-refractivity contribution in [1.82, 2.24) is 20.0 Å². The number of rotatable bonds is 9. The Morgan fingerprint density at radius 2 is 1.53 bits per heavy atom. The van der Waals surface area contributed by atoms with Gasteiger partial charge in [-0.3, -0.25) is 19.3 Å². The summed E-state index contributed by atoms with van der Waals surface area (Å²) in [5, 5.41) is 2.71. The lowest BCUT2D eigenvalue weighted by atomic mass is 10.1. The third-order valence-corrected chi connectivity index (χ3v) is 6.08. The highest BCUT2D eigenvalue weighted by Crippen LogP contribution is 2.13. The van der Waals surface area contributed by atoms with Crippen molar-refractivity contribution in [2.24, 2.45) is 0 Å². The fourth-order valence-corrected chi connectivity index (χ4v) is 4.00. The molecule has 0 spiro atoms. The van der Waals surface area contributed by atoms with Gasteiger partial charge in [-0.2, -0.15) is 0 Å². The van der Waals surface area contributed by atoms with Crippen LogP contribution < -0.4 is 10.1 Å². The van der Waals surface area contributed by atoms with Crippen molar-refractivity contribution in [3.63, 3.8) is 0 Å². The van der Waals surface area contributed by atoms with Crippen LogP contribution in [0.2, 0.25) is 0 Å². The van der Waals surface area contributed by atoms with Gasteiger partial charge in [-0.15, -0.1) is 0 Å². The first kappa shape index (κ1) is 24.0. The maximum atomic E-state index is 12.5. The van der Waals surface area contributed by atoms with Crippen molar-refractivity contribution in [2.75, 3.05) is 59.0 Å². The second-order valence-electron chi connectivity index (χ2n) is 8.51. The van der Waals surface area contributed by atoms with Crippen LogP contribution in [0.25, 0.3) is 0 Å². The van der Waals surface area contributed by atoms with Gasteiger partial charge in [0.15, 0.2) is 0 Å². The molecule has 2 fully saturated rings. The molecule has 0 bridgehead atoms. The Balaban J connectivity index is 1.35. The third-order valence-electron chi connectivity index (χ3n) is 6.08. The highest BCUT2D eigenvalue weighted by molar-refractivity contribution is 5.96. The molecule has 2 aliphatic heterocycles. The minimum Gasteiger partial charge on any atom is -0.494 e. The van der Waals surface area contributed by atoms with Gasteiger partial charge in [-0.05, 0) is 49.9 Å². The van der Waals surface area contributed by atoms with Crippen molar-refractivity contribution in [3.8, 4) is 5.75 Å². The summed E-state index contributed by atoms with van der Waals surface area (Å²) in [4.78, 5) is 43.1. The molecule has 2 aliphatic rings. The first-order chi connectivity index (χ1) is 15.6. The predicted octanol–water partition coefficient (Wildman–Crippen LogP) is 1.75. The van der Waals surface area contributed by atoms with Crippen LogP contribution >= 0.6 is 0 Å². The van der Waals surface area contributed by atoms with Crippen LogP contribution in [0.1, 0.15) is 49.4 Å². The fraction of sp³-hybridized carbons (Fsp3) is 0.625. The van der Waals surface area contributed by atoms with E-state index in [1.165, 1.54) is 6.42 Å². The molecule has 176 valence electrons. The van der Waals surface area contributed by atoms with Crippen molar-refractivity contribution in [1.29, 1.82) is 0 Å². The van der Waals surface area contributed by atoms with Gasteiger partial charge in [-0.25, -0.2) is 0 Å². The number of piperazine rings is 1. The van der Waals surface area contributed by atoms with Gasteiger partial charge < -0.3 is 19.9 Å². The van der Waals surface area contributed by atoms with Crippen molar-refractivity contribution < 1.29 is 19.1 Å². The summed E-state index contributed by atoms with van der Waals surface area (Å²) in [5.74, 6) is 0.560. The van der Waals surface area contributed by atoms with E-state index in [1.54, 1.807) is 29.2 Å². The number of hydrogen-bond donors (Lipinski definition) is 1. The van der Waals surface area contributed by atoms with Crippen LogP contribution in [0.3, 0.4) is 0 Å². The van der Waals surface area contributed by atoms with E-state index < -0.39 is 0 Å². The SMILES string of the molecule is CCCCOc1ccc(C(=O)NCC(=O)N2CCN(CC(=O)N3CCCCC3)CC2)cc1. The molecule has 2 heterocycles. The number of carbonyl (C=O) groups is 3. The van der Waals surface area contributed by atoms with Gasteiger partial charge in [-0.1, -0.05) is 13.3 Å². The van der Waals surface area contributed by atoms with E-state index in [0.29, 0.717) is 44.9 Å². The Hall–Kier alpha value is -2.61.